The van der Waals surface area contributed by atoms with Gasteiger partial charge in [0.25, 0.3) is 0 Å². The summed E-state index contributed by atoms with van der Waals surface area (Å²) in [5.74, 6) is 0.410. The van der Waals surface area contributed by atoms with Gasteiger partial charge in [0.2, 0.25) is 0 Å². The molecular weight excluding hydrogens is 2210 g/mol. The predicted molar refractivity (Wildman–Crippen MR) is 511 cm³/mol. The Morgan fingerprint density at radius 2 is 0.839 bits per heavy atom. The van der Waals surface area contributed by atoms with Crippen molar-refractivity contribution in [3.8, 4) is 61.4 Å². The molecule has 0 aliphatic rings. The summed E-state index contributed by atoms with van der Waals surface area (Å²) in [7, 11) is 5.06. The summed E-state index contributed by atoms with van der Waals surface area (Å²) in [5, 5.41) is 21.5. The van der Waals surface area contributed by atoms with E-state index in [1.165, 1.54) is 88.2 Å². The van der Waals surface area contributed by atoms with Crippen LogP contribution in [-0.4, -0.2) is 127 Å². The fourth-order valence-corrected chi connectivity index (χ4v) is 17.8. The number of H-pyrrole nitrogens is 1. The van der Waals surface area contributed by atoms with Crippen LogP contribution in [0.25, 0.3) is 55.6 Å². The van der Waals surface area contributed by atoms with Gasteiger partial charge in [-0.2, -0.15) is 47.4 Å². The average molecular weight is 2330 g/mol. The molecule has 0 amide bonds. The van der Waals surface area contributed by atoms with E-state index in [1.54, 1.807) is 58.5 Å². The second kappa shape index (κ2) is 62.5. The van der Waals surface area contributed by atoms with Gasteiger partial charge in [0.15, 0.2) is 12.4 Å². The number of aromatic nitrogens is 3. The number of nitrogens with one attached hydrogen (secondary N) is 1. The molecule has 0 fully saturated rings. The molecule has 0 saturated heterocycles. The monoisotopic (exact) mass is 2330 g/mol. The number of methoxy groups -OCH3 is 1. The fraction of sp³-hybridized carbons (Fsp3) is 0.287. The topological polar surface area (TPSA) is 194 Å². The third-order valence-electron chi connectivity index (χ3n) is 18.7. The van der Waals surface area contributed by atoms with Crippen molar-refractivity contribution in [3.63, 3.8) is 0 Å². The van der Waals surface area contributed by atoms with E-state index >= 15 is 0 Å². The quantitative estimate of drug-likeness (QED) is 0.0303. The molecule has 0 unspecified atom stereocenters. The molecule has 23 heteroatoms. The molecule has 14 nitrogen and oxygen atoms in total. The van der Waals surface area contributed by atoms with Gasteiger partial charge in [-0.15, -0.1) is 5.56 Å². The molecule has 124 heavy (non-hydrogen) atoms. The third-order valence-corrected chi connectivity index (χ3v) is 24.5. The minimum absolute atomic E-state index is 0. The zero-order chi connectivity index (χ0) is 89.5. The molecule has 0 bridgehead atoms. The summed E-state index contributed by atoms with van der Waals surface area (Å²) in [4.78, 5) is 52.8. The molecule has 1 N–H and O–H groups in total. The Balaban J connectivity index is 0.00000145. The third kappa shape index (κ3) is 43.6. The molecule has 9 aromatic carbocycles. The number of halogens is 4. The summed E-state index contributed by atoms with van der Waals surface area (Å²) < 4.78 is 21.9. The number of carbonyl (C=O) groups excluding carboxylic acids is 4. The minimum Gasteiger partial charge on any atom is -1.00 e. The van der Waals surface area contributed by atoms with Crippen LogP contribution in [0.4, 0.5) is 5.69 Å². The number of ether oxygens (including phenoxy) is 4. The van der Waals surface area contributed by atoms with Gasteiger partial charge in [0, 0.05) is 80.2 Å². The Labute approximate surface area is 952 Å². The SMILES string of the molecule is CBr.COCCOCCOCCOc1cc(-c2ccc(C)cc2-c2ccncc2)ccc1C.Cc1[c-]cc(C)c(C(=O)[O-])c1.Cc1ccc(-c2ccc(C)c(C(=O)[O-])c2)c(-c2ccncc2)c1.Cc1ccc(C)c(-c2cc[nH+]cc2)c1.Cc1ccc(C)c(N(C)C)c1.Cc1ccc(C)c(P(C)(C)(C)Br)c1.Cc1ccc(C)c(S(C)(C)Br)c1.O=C=O.[Br-].[Cs+].[Cs+].[Cs+]. The molecular formula is C101H120Br4Cs3N4O10PS. The van der Waals surface area contributed by atoms with Gasteiger partial charge in [-0.1, -0.05) is 155 Å². The number of aromatic amines is 1. The van der Waals surface area contributed by atoms with Gasteiger partial charge >= 0.3 is 302 Å². The number of carbonyl (C=O) groups is 2. The van der Waals surface area contributed by atoms with Gasteiger partial charge in [-0.25, -0.2) is 4.98 Å². The predicted octanol–water partition coefficient (Wildman–Crippen LogP) is 10.3. The van der Waals surface area contributed by atoms with E-state index in [0.717, 1.165) is 55.8 Å². The van der Waals surface area contributed by atoms with Crippen LogP contribution in [0.2, 0.25) is 0 Å². The maximum Gasteiger partial charge on any atom is 1.00 e. The number of benzene rings is 9. The molecule has 0 aliphatic carbocycles. The Morgan fingerprint density at radius 1 is 0.452 bits per heavy atom. The number of hydrogen-bond acceptors (Lipinski definition) is 13. The molecule has 0 aliphatic heterocycles. The maximum absolute atomic E-state index is 11.3. The number of hydrogen-bond donors (Lipinski definition) is 0. The smallest absolute Gasteiger partial charge is 1.00 e. The van der Waals surface area contributed by atoms with Gasteiger partial charge in [0.05, 0.1) is 39.0 Å². The van der Waals surface area contributed by atoms with Gasteiger partial charge in [0.1, 0.15) is 12.4 Å². The summed E-state index contributed by atoms with van der Waals surface area (Å²) in [6.07, 6.45) is 15.8. The van der Waals surface area contributed by atoms with Crippen molar-refractivity contribution in [2.75, 3.05) is 104 Å². The second-order valence-corrected chi connectivity index (χ2v) is 51.5. The molecule has 3 aromatic heterocycles. The van der Waals surface area contributed by atoms with Crippen molar-refractivity contribution in [1.82, 2.24) is 9.97 Å². The number of nitrogens with zero attached hydrogens (tertiary/aromatic N) is 3. The van der Waals surface area contributed by atoms with Crippen LogP contribution in [0.5, 0.6) is 5.75 Å². The molecule has 12 rings (SSSR count). The van der Waals surface area contributed by atoms with Crippen molar-refractivity contribution in [3.05, 3.63) is 326 Å². The number of carboxylic acid groups (broad SMARTS) is 2. The van der Waals surface area contributed by atoms with Gasteiger partial charge < -0.3 is 60.6 Å². The molecule has 646 valence electrons. The van der Waals surface area contributed by atoms with E-state index < -0.39 is 25.7 Å². The zero-order valence-corrected chi connectivity index (χ0v) is 104. The Kier molecular flexibility index (Phi) is 61.0. The summed E-state index contributed by atoms with van der Waals surface area (Å²) in [5.41, 5.74) is 29.4. The normalized spacial score (nSPS) is 10.5. The molecule has 0 atom stereocenters. The van der Waals surface area contributed by atoms with Crippen molar-refractivity contribution in [2.24, 2.45) is 0 Å². The number of carboxylic acids is 2. The van der Waals surface area contributed by atoms with Crippen LogP contribution in [0.15, 0.2) is 236 Å². The Bertz CT molecular complexity index is 5280. The molecule has 0 saturated carbocycles. The van der Waals surface area contributed by atoms with E-state index in [1.807, 2.05) is 86.1 Å². The van der Waals surface area contributed by atoms with Crippen molar-refractivity contribution in [2.45, 2.75) is 102 Å². The summed E-state index contributed by atoms with van der Waals surface area (Å²) in [6, 6.07) is 69.1. The summed E-state index contributed by atoms with van der Waals surface area (Å²) in [6.45, 7) is 39.0. The maximum atomic E-state index is 11.3. The Hall–Kier alpha value is -2.91. The van der Waals surface area contributed by atoms with Crippen molar-refractivity contribution in [1.29, 1.82) is 0 Å². The van der Waals surface area contributed by atoms with Gasteiger partial charge in [-0.05, 0) is 240 Å². The number of alkyl halides is 1. The van der Waals surface area contributed by atoms with Crippen LogP contribution in [0, 0.1) is 103 Å². The number of rotatable bonds is 20. The largest absolute Gasteiger partial charge is 1.00 e. The fourth-order valence-electron chi connectivity index (χ4n) is 12.4. The molecule has 3 heterocycles. The van der Waals surface area contributed by atoms with E-state index in [2.05, 4.69) is 315 Å². The van der Waals surface area contributed by atoms with E-state index in [9.17, 15) is 19.8 Å². The first-order valence-electron chi connectivity index (χ1n) is 39.1. The van der Waals surface area contributed by atoms with Crippen molar-refractivity contribution >= 4 is 89.1 Å². The van der Waals surface area contributed by atoms with Gasteiger partial charge in [-0.3, -0.25) is 9.97 Å². The first kappa shape index (κ1) is 121. The van der Waals surface area contributed by atoms with Crippen molar-refractivity contribution < 1.29 is 277 Å². The van der Waals surface area contributed by atoms with Crippen LogP contribution < -0.4 is 254 Å². The number of aryl methyl sites for hydroxylation is 14. The Morgan fingerprint density at radius 3 is 1.27 bits per heavy atom. The van der Waals surface area contributed by atoms with Crippen LogP contribution in [0.1, 0.15) is 98.6 Å². The molecule has 0 radical (unpaired) electrons. The first-order chi connectivity index (χ1) is 56.7. The summed E-state index contributed by atoms with van der Waals surface area (Å²) >= 11 is 10.6. The van der Waals surface area contributed by atoms with E-state index in [4.69, 9.17) is 28.5 Å². The first-order valence-corrected chi connectivity index (χ1v) is 50.6. The number of aromatic carboxylic acids is 2. The standard InChI is InChI=1S/C26H31NO4.C20H17NO2.C13H13N.C11H18BrP.C10H15BrS.C10H15N.C9H9O2.CH3Br.CO2.BrH.3Cs/c1-20-4-7-24(25(18-20)22-8-10-27-11-9-22)23-6-5-21(2)26(19-23)31-17-16-30-15-14-29-13-12-28-3;1-13-3-6-17(19(11-13)15-7-9-21-10-8-15)16-5-4-14(2)18(12-16)20(22)23;1-10-3-4-11(2)13(9-10)12-5-7-14-8-6-12;1-9-6-7-10(2)11(8-9)13(3,4,5)12;1-8-5-6-9(2)10(7-8)12(3,4)11;1-8-5-6-9(2)10(7-8)11(3)4;1-6-3-4-7(2)8(5-6)9(10)11;1-2;2-1-3;;;;/h4-11,18-19H,12-17H2,1-3H3;3-12H,1-2H3,(H,22,23);3-9H,1-2H3;6-8H,1-5H3;5-7H,1-4H3;5-7H,1-4H3;4-5H,1-2H3,(H,10,11);1H3;;1H;;;/q;;;;;;-1;;;;3*+1/p-2. The zero-order valence-electron chi connectivity index (χ0n) is 77.5. The molecule has 12 aromatic rings. The molecule has 0 spiro atoms. The van der Waals surface area contributed by atoms with Crippen LogP contribution >= 0.6 is 60.0 Å². The van der Waals surface area contributed by atoms with E-state index in [0.29, 0.717) is 50.8 Å². The van der Waals surface area contributed by atoms with Crippen LogP contribution in [0.3, 0.4) is 0 Å². The van der Waals surface area contributed by atoms with Crippen LogP contribution in [-0.2, 0) is 23.8 Å². The average Bonchev–Trinajstić information content (AvgIpc) is 0.781. The minimum atomic E-state index is -1.76. The number of anilines is 1. The number of pyridine rings is 3. The second-order valence-electron chi connectivity index (χ2n) is 30.7. The van der Waals surface area contributed by atoms with E-state index in [-0.39, 0.29) is 241 Å².